The highest BCUT2D eigenvalue weighted by molar-refractivity contribution is 5.96. The molecule has 0 saturated carbocycles. The van der Waals surface area contributed by atoms with Gasteiger partial charge in [0.15, 0.2) is 5.69 Å². The van der Waals surface area contributed by atoms with Crippen LogP contribution in [0.2, 0.25) is 0 Å². The predicted molar refractivity (Wildman–Crippen MR) is 124 cm³/mol. The summed E-state index contributed by atoms with van der Waals surface area (Å²) in [5, 5.41) is 19.4. The van der Waals surface area contributed by atoms with Crippen molar-refractivity contribution in [2.75, 3.05) is 18.2 Å². The van der Waals surface area contributed by atoms with Crippen molar-refractivity contribution in [1.82, 2.24) is 14.8 Å². The van der Waals surface area contributed by atoms with Crippen molar-refractivity contribution < 1.29 is 9.53 Å². The van der Waals surface area contributed by atoms with Gasteiger partial charge in [-0.1, -0.05) is 36.4 Å². The summed E-state index contributed by atoms with van der Waals surface area (Å²) in [6, 6.07) is 20.3. The number of nitrogens with zero attached hydrogens (tertiary/aromatic N) is 3. The van der Waals surface area contributed by atoms with E-state index in [1.807, 2.05) is 48.5 Å². The van der Waals surface area contributed by atoms with Gasteiger partial charge in [-0.25, -0.2) is 9.89 Å². The van der Waals surface area contributed by atoms with E-state index in [4.69, 9.17) is 10.5 Å². The number of methoxy groups -OCH3 is 1. The monoisotopic (exact) mass is 440 g/mol. The quantitative estimate of drug-likeness (QED) is 0.392. The molecule has 0 saturated heterocycles. The zero-order valence-electron chi connectivity index (χ0n) is 17.7. The van der Waals surface area contributed by atoms with E-state index in [1.165, 1.54) is 23.9 Å². The van der Waals surface area contributed by atoms with Crippen LogP contribution in [0.4, 0.5) is 11.4 Å². The number of benzene rings is 2. The van der Waals surface area contributed by atoms with Crippen molar-refractivity contribution in [3.8, 4) is 23.0 Å². The molecule has 164 valence electrons. The number of carbonyl (C=O) groups excluding carboxylic acids is 1. The Hall–Kier alpha value is -4.84. The first-order chi connectivity index (χ1) is 16.0. The summed E-state index contributed by atoms with van der Waals surface area (Å²) in [5.41, 5.74) is 9.54. The Balaban J connectivity index is 1.87. The fourth-order valence-electron chi connectivity index (χ4n) is 3.44. The summed E-state index contributed by atoms with van der Waals surface area (Å²) < 4.78 is 6.44. The third kappa shape index (κ3) is 4.31. The second kappa shape index (κ2) is 9.11. The lowest BCUT2D eigenvalue weighted by Gasteiger charge is -2.17. The minimum Gasteiger partial charge on any atom is -0.464 e. The maximum atomic E-state index is 12.5. The number of H-pyrrole nitrogens is 1. The number of esters is 1. The standard InChI is InChI=1S/C24H20N6O3/c1-33-24(32)23-22(26)17(12-25)14-30(23)20-11-16(18-9-10-21(31)29-28-18)7-8-19(20)27-13-15-5-3-2-4-6-15/h2-11,14,27H,13,26H2,1H3,(H,29,31). The summed E-state index contributed by atoms with van der Waals surface area (Å²) in [6.45, 7) is 0.527. The van der Waals surface area contributed by atoms with Crippen LogP contribution in [-0.2, 0) is 11.3 Å². The molecule has 33 heavy (non-hydrogen) atoms. The van der Waals surface area contributed by atoms with Crippen LogP contribution in [0, 0.1) is 11.3 Å². The van der Waals surface area contributed by atoms with Gasteiger partial charge in [0.05, 0.1) is 35.4 Å². The first-order valence-electron chi connectivity index (χ1n) is 9.99. The smallest absolute Gasteiger partial charge is 0.357 e. The molecule has 4 aromatic rings. The predicted octanol–water partition coefficient (Wildman–Crippen LogP) is 3.08. The zero-order valence-corrected chi connectivity index (χ0v) is 17.7. The first-order valence-corrected chi connectivity index (χ1v) is 9.99. The molecule has 0 radical (unpaired) electrons. The van der Waals surface area contributed by atoms with Gasteiger partial charge in [-0.15, -0.1) is 0 Å². The lowest BCUT2D eigenvalue weighted by atomic mass is 10.1. The van der Waals surface area contributed by atoms with Gasteiger partial charge >= 0.3 is 5.97 Å². The van der Waals surface area contributed by atoms with Crippen LogP contribution >= 0.6 is 0 Å². The summed E-state index contributed by atoms with van der Waals surface area (Å²) in [5.74, 6) is -0.671. The van der Waals surface area contributed by atoms with E-state index in [2.05, 4.69) is 15.5 Å². The maximum Gasteiger partial charge on any atom is 0.357 e. The number of rotatable bonds is 6. The molecule has 0 amide bonds. The van der Waals surface area contributed by atoms with Crippen LogP contribution in [-0.4, -0.2) is 27.8 Å². The Morgan fingerprint density at radius 1 is 1.21 bits per heavy atom. The number of anilines is 2. The lowest BCUT2D eigenvalue weighted by Crippen LogP contribution is -2.13. The Morgan fingerprint density at radius 2 is 2.00 bits per heavy atom. The number of ether oxygens (including phenoxy) is 1. The number of nitriles is 1. The van der Waals surface area contributed by atoms with E-state index in [0.717, 1.165) is 5.56 Å². The third-order valence-corrected chi connectivity index (χ3v) is 5.10. The van der Waals surface area contributed by atoms with Crippen molar-refractivity contribution in [2.45, 2.75) is 6.54 Å². The molecule has 0 aliphatic rings. The number of nitrogens with one attached hydrogen (secondary N) is 2. The molecule has 0 spiro atoms. The fourth-order valence-corrected chi connectivity index (χ4v) is 3.44. The van der Waals surface area contributed by atoms with Crippen molar-refractivity contribution in [2.24, 2.45) is 0 Å². The molecule has 2 aromatic heterocycles. The molecule has 2 aromatic carbocycles. The molecule has 9 heteroatoms. The van der Waals surface area contributed by atoms with E-state index in [-0.39, 0.29) is 22.5 Å². The van der Waals surface area contributed by atoms with E-state index in [0.29, 0.717) is 29.2 Å². The number of aromatic nitrogens is 3. The second-order valence-electron chi connectivity index (χ2n) is 7.16. The molecule has 0 unspecified atom stereocenters. The minimum absolute atomic E-state index is 0.0333. The Kier molecular flexibility index (Phi) is 5.91. The van der Waals surface area contributed by atoms with Gasteiger partial charge in [0, 0.05) is 24.4 Å². The largest absolute Gasteiger partial charge is 0.464 e. The van der Waals surface area contributed by atoms with Gasteiger partial charge < -0.3 is 20.4 Å². The average Bonchev–Trinajstić information content (AvgIpc) is 3.19. The third-order valence-electron chi connectivity index (χ3n) is 5.10. The summed E-state index contributed by atoms with van der Waals surface area (Å²) in [6.07, 6.45) is 1.49. The molecule has 0 aliphatic heterocycles. The van der Waals surface area contributed by atoms with Gasteiger partial charge in [0.1, 0.15) is 6.07 Å². The SMILES string of the molecule is COC(=O)c1c(N)c(C#N)cn1-c1cc(-c2ccc(=O)[nH]n2)ccc1NCc1ccccc1. The molecule has 0 aliphatic carbocycles. The summed E-state index contributed by atoms with van der Waals surface area (Å²) in [7, 11) is 1.25. The molecular formula is C24H20N6O3. The van der Waals surface area contributed by atoms with Crippen LogP contribution in [0.5, 0.6) is 0 Å². The number of nitrogen functional groups attached to an aromatic ring is 1. The minimum atomic E-state index is -0.671. The Labute approximate surface area is 189 Å². The highest BCUT2D eigenvalue weighted by Gasteiger charge is 2.23. The molecular weight excluding hydrogens is 420 g/mol. The number of carbonyl (C=O) groups is 1. The molecule has 4 rings (SSSR count). The number of nitrogens with two attached hydrogens (primary N) is 1. The number of hydrogen-bond acceptors (Lipinski definition) is 7. The molecule has 9 nitrogen and oxygen atoms in total. The van der Waals surface area contributed by atoms with Crippen molar-refractivity contribution in [3.05, 3.63) is 94.0 Å². The van der Waals surface area contributed by atoms with Crippen molar-refractivity contribution in [1.29, 1.82) is 5.26 Å². The van der Waals surface area contributed by atoms with Gasteiger partial charge in [-0.3, -0.25) is 4.79 Å². The second-order valence-corrected chi connectivity index (χ2v) is 7.16. The first kappa shape index (κ1) is 21.4. The molecule has 0 bridgehead atoms. The van der Waals surface area contributed by atoms with Gasteiger partial charge in [0.25, 0.3) is 5.56 Å². The molecule has 0 atom stereocenters. The lowest BCUT2D eigenvalue weighted by molar-refractivity contribution is 0.0593. The number of hydrogen-bond donors (Lipinski definition) is 3. The highest BCUT2D eigenvalue weighted by Crippen LogP contribution is 2.32. The van der Waals surface area contributed by atoms with Crippen LogP contribution < -0.4 is 16.6 Å². The van der Waals surface area contributed by atoms with E-state index in [9.17, 15) is 14.9 Å². The molecule has 2 heterocycles. The summed E-state index contributed by atoms with van der Waals surface area (Å²) >= 11 is 0. The normalized spacial score (nSPS) is 10.4. The molecule has 4 N–H and O–H groups in total. The summed E-state index contributed by atoms with van der Waals surface area (Å²) in [4.78, 5) is 23.9. The van der Waals surface area contributed by atoms with Gasteiger partial charge in [-0.2, -0.15) is 10.4 Å². The highest BCUT2D eigenvalue weighted by atomic mass is 16.5. The molecule has 0 fully saturated rings. The van der Waals surface area contributed by atoms with Crippen molar-refractivity contribution >= 4 is 17.3 Å². The number of aromatic amines is 1. The topological polar surface area (TPSA) is 139 Å². The van der Waals surface area contributed by atoms with Gasteiger partial charge in [0.2, 0.25) is 0 Å². The maximum absolute atomic E-state index is 12.5. The van der Waals surface area contributed by atoms with E-state index in [1.54, 1.807) is 12.1 Å². The van der Waals surface area contributed by atoms with Crippen LogP contribution in [0.25, 0.3) is 16.9 Å². The van der Waals surface area contributed by atoms with E-state index < -0.39 is 5.97 Å². The van der Waals surface area contributed by atoms with Crippen LogP contribution in [0.1, 0.15) is 21.6 Å². The van der Waals surface area contributed by atoms with Crippen molar-refractivity contribution in [3.63, 3.8) is 0 Å². The van der Waals surface area contributed by atoms with Crippen LogP contribution in [0.15, 0.2) is 71.7 Å². The Bertz CT molecular complexity index is 1400. The van der Waals surface area contributed by atoms with E-state index >= 15 is 0 Å². The average molecular weight is 440 g/mol. The Morgan fingerprint density at radius 3 is 2.67 bits per heavy atom. The van der Waals surface area contributed by atoms with Gasteiger partial charge in [-0.05, 0) is 23.8 Å². The van der Waals surface area contributed by atoms with Crippen LogP contribution in [0.3, 0.4) is 0 Å². The fraction of sp³-hybridized carbons (Fsp3) is 0.0833. The zero-order chi connectivity index (χ0) is 23.4.